The molecular weight excluding hydrogens is 226 g/mol. The van der Waals surface area contributed by atoms with Gasteiger partial charge in [-0.1, -0.05) is 5.16 Å². The van der Waals surface area contributed by atoms with Gasteiger partial charge in [-0.15, -0.1) is 11.8 Å². The largest absolute Gasteiger partial charge is 0.409 e. The number of nitrogens with two attached hydrogens (primary N) is 1. The molecule has 0 bridgehead atoms. The lowest BCUT2D eigenvalue weighted by Crippen LogP contribution is -2.46. The predicted molar refractivity (Wildman–Crippen MR) is 65.7 cm³/mol. The Kier molecular flexibility index (Phi) is 4.92. The van der Waals surface area contributed by atoms with Gasteiger partial charge < -0.3 is 15.8 Å². The molecule has 16 heavy (non-hydrogen) atoms. The van der Waals surface area contributed by atoms with Gasteiger partial charge in [0.2, 0.25) is 5.91 Å². The van der Waals surface area contributed by atoms with Gasteiger partial charge in [0.05, 0.1) is 11.8 Å². The molecule has 3 N–H and O–H groups in total. The first-order valence-electron chi connectivity index (χ1n) is 5.44. The molecule has 5 nitrogen and oxygen atoms in total. The SMILES string of the molecule is CC(C)N(CC(N)=NO)C(=O)C1CCCS1. The number of nitrogens with zero attached hydrogens (tertiary/aromatic N) is 2. The summed E-state index contributed by atoms with van der Waals surface area (Å²) in [5.74, 6) is 1.22. The highest BCUT2D eigenvalue weighted by Crippen LogP contribution is 2.28. The van der Waals surface area contributed by atoms with Crippen molar-refractivity contribution >= 4 is 23.5 Å². The van der Waals surface area contributed by atoms with E-state index >= 15 is 0 Å². The van der Waals surface area contributed by atoms with Gasteiger partial charge in [0.25, 0.3) is 0 Å². The third kappa shape index (κ3) is 3.30. The molecule has 0 aromatic rings. The second-order valence-corrected chi connectivity index (χ2v) is 5.46. The van der Waals surface area contributed by atoms with Crippen LogP contribution in [0.3, 0.4) is 0 Å². The van der Waals surface area contributed by atoms with E-state index in [0.717, 1.165) is 18.6 Å². The normalized spacial score (nSPS) is 21.4. The molecule has 1 aliphatic rings. The Balaban J connectivity index is 2.65. The number of oxime groups is 1. The fraction of sp³-hybridized carbons (Fsp3) is 0.800. The molecule has 0 aromatic carbocycles. The minimum atomic E-state index is 0.0499. The summed E-state index contributed by atoms with van der Waals surface area (Å²) >= 11 is 1.70. The van der Waals surface area contributed by atoms with Crippen LogP contribution in [0.5, 0.6) is 0 Å². The van der Waals surface area contributed by atoms with E-state index in [2.05, 4.69) is 5.16 Å². The molecule has 92 valence electrons. The van der Waals surface area contributed by atoms with E-state index in [1.807, 2.05) is 13.8 Å². The van der Waals surface area contributed by atoms with Crippen molar-refractivity contribution < 1.29 is 10.0 Å². The predicted octanol–water partition coefficient (Wildman–Crippen LogP) is 0.865. The van der Waals surface area contributed by atoms with Crippen LogP contribution in [0.2, 0.25) is 0 Å². The monoisotopic (exact) mass is 245 g/mol. The van der Waals surface area contributed by atoms with E-state index in [-0.39, 0.29) is 29.6 Å². The van der Waals surface area contributed by atoms with Gasteiger partial charge in [-0.3, -0.25) is 4.79 Å². The molecule has 0 aromatic heterocycles. The van der Waals surface area contributed by atoms with Crippen molar-refractivity contribution in [1.82, 2.24) is 4.90 Å². The number of thioether (sulfide) groups is 1. The maximum Gasteiger partial charge on any atom is 0.236 e. The Bertz CT molecular complexity index is 275. The van der Waals surface area contributed by atoms with Gasteiger partial charge in [0.15, 0.2) is 5.84 Å². The number of rotatable bonds is 4. The number of amidine groups is 1. The molecule has 1 rings (SSSR count). The molecule has 0 aliphatic carbocycles. The Morgan fingerprint density at radius 1 is 1.69 bits per heavy atom. The maximum absolute atomic E-state index is 12.2. The van der Waals surface area contributed by atoms with E-state index in [1.54, 1.807) is 16.7 Å². The van der Waals surface area contributed by atoms with Gasteiger partial charge in [-0.2, -0.15) is 0 Å². The lowest BCUT2D eigenvalue weighted by atomic mass is 10.2. The van der Waals surface area contributed by atoms with Crippen molar-refractivity contribution in [2.45, 2.75) is 38.0 Å². The molecule has 0 saturated carbocycles. The number of hydrogen-bond donors (Lipinski definition) is 2. The average molecular weight is 245 g/mol. The smallest absolute Gasteiger partial charge is 0.236 e. The van der Waals surface area contributed by atoms with Crippen LogP contribution in [0.4, 0.5) is 0 Å². The van der Waals surface area contributed by atoms with Gasteiger partial charge in [-0.05, 0) is 32.4 Å². The zero-order valence-corrected chi connectivity index (χ0v) is 10.5. The van der Waals surface area contributed by atoms with E-state index < -0.39 is 0 Å². The summed E-state index contributed by atoms with van der Waals surface area (Å²) in [7, 11) is 0. The third-order valence-corrected chi connectivity index (χ3v) is 3.94. The summed E-state index contributed by atoms with van der Waals surface area (Å²) in [6, 6.07) is 0.0639. The Morgan fingerprint density at radius 3 is 2.81 bits per heavy atom. The quantitative estimate of drug-likeness (QED) is 0.333. The van der Waals surface area contributed by atoms with Crippen molar-refractivity contribution in [3.05, 3.63) is 0 Å². The second kappa shape index (κ2) is 5.98. The van der Waals surface area contributed by atoms with E-state index in [0.29, 0.717) is 0 Å². The van der Waals surface area contributed by atoms with Crippen molar-refractivity contribution in [1.29, 1.82) is 0 Å². The van der Waals surface area contributed by atoms with Crippen LogP contribution in [-0.2, 0) is 4.79 Å². The van der Waals surface area contributed by atoms with Crippen LogP contribution in [-0.4, -0.2) is 45.4 Å². The van der Waals surface area contributed by atoms with Crippen LogP contribution in [0.15, 0.2) is 5.16 Å². The van der Waals surface area contributed by atoms with Crippen LogP contribution < -0.4 is 5.73 Å². The first-order valence-corrected chi connectivity index (χ1v) is 6.49. The Labute approximate surface area is 100 Å². The zero-order chi connectivity index (χ0) is 12.1. The first-order chi connectivity index (χ1) is 7.56. The average Bonchev–Trinajstić information content (AvgIpc) is 2.77. The minimum absolute atomic E-state index is 0.0499. The Morgan fingerprint density at radius 2 is 2.38 bits per heavy atom. The highest BCUT2D eigenvalue weighted by atomic mass is 32.2. The van der Waals surface area contributed by atoms with Crippen LogP contribution in [0.1, 0.15) is 26.7 Å². The number of amides is 1. The van der Waals surface area contributed by atoms with Gasteiger partial charge >= 0.3 is 0 Å². The van der Waals surface area contributed by atoms with E-state index in [4.69, 9.17) is 10.9 Å². The van der Waals surface area contributed by atoms with Crippen LogP contribution in [0, 0.1) is 0 Å². The summed E-state index contributed by atoms with van der Waals surface area (Å²) in [6.07, 6.45) is 2.03. The van der Waals surface area contributed by atoms with Crippen molar-refractivity contribution in [3.8, 4) is 0 Å². The summed E-state index contributed by atoms with van der Waals surface area (Å²) in [5.41, 5.74) is 5.45. The molecule has 1 saturated heterocycles. The lowest BCUT2D eigenvalue weighted by Gasteiger charge is -2.28. The molecule has 1 fully saturated rings. The molecule has 6 heteroatoms. The van der Waals surface area contributed by atoms with Crippen LogP contribution in [0.25, 0.3) is 0 Å². The van der Waals surface area contributed by atoms with Gasteiger partial charge in [0.1, 0.15) is 0 Å². The van der Waals surface area contributed by atoms with Crippen molar-refractivity contribution in [3.63, 3.8) is 0 Å². The third-order valence-electron chi connectivity index (χ3n) is 2.57. The lowest BCUT2D eigenvalue weighted by molar-refractivity contribution is -0.131. The first kappa shape index (κ1) is 13.2. The van der Waals surface area contributed by atoms with Crippen molar-refractivity contribution in [2.75, 3.05) is 12.3 Å². The molecule has 1 unspecified atom stereocenters. The fourth-order valence-electron chi connectivity index (χ4n) is 1.68. The summed E-state index contributed by atoms with van der Waals surface area (Å²) in [4.78, 5) is 13.8. The topological polar surface area (TPSA) is 78.9 Å². The molecule has 1 heterocycles. The zero-order valence-electron chi connectivity index (χ0n) is 9.72. The summed E-state index contributed by atoms with van der Waals surface area (Å²) in [5, 5.41) is 11.5. The molecule has 1 aliphatic heterocycles. The Hall–Kier alpha value is -0.910. The van der Waals surface area contributed by atoms with Gasteiger partial charge in [0, 0.05) is 6.04 Å². The number of carbonyl (C=O) groups excluding carboxylic acids is 1. The molecule has 1 amide bonds. The van der Waals surface area contributed by atoms with Crippen molar-refractivity contribution in [2.24, 2.45) is 10.9 Å². The summed E-state index contributed by atoms with van der Waals surface area (Å²) in [6.45, 7) is 4.06. The fourth-order valence-corrected chi connectivity index (χ4v) is 2.91. The summed E-state index contributed by atoms with van der Waals surface area (Å²) < 4.78 is 0. The highest BCUT2D eigenvalue weighted by molar-refractivity contribution is 8.00. The van der Waals surface area contributed by atoms with Crippen LogP contribution >= 0.6 is 11.8 Å². The molecule has 1 atom stereocenters. The van der Waals surface area contributed by atoms with E-state index in [9.17, 15) is 4.79 Å². The minimum Gasteiger partial charge on any atom is -0.409 e. The maximum atomic E-state index is 12.2. The van der Waals surface area contributed by atoms with E-state index in [1.165, 1.54) is 0 Å². The standard InChI is InChI=1S/C10H19N3O2S/c1-7(2)13(6-9(11)12-15)10(14)8-4-3-5-16-8/h7-8,15H,3-6H2,1-2H3,(H2,11,12). The second-order valence-electron chi connectivity index (χ2n) is 4.15. The number of hydrogen-bond acceptors (Lipinski definition) is 4. The van der Waals surface area contributed by atoms with Gasteiger partial charge in [-0.25, -0.2) is 0 Å². The highest BCUT2D eigenvalue weighted by Gasteiger charge is 2.29. The molecular formula is C10H19N3O2S. The molecule has 0 radical (unpaired) electrons. The molecule has 0 spiro atoms. The number of carbonyl (C=O) groups is 1.